The number of piperidine rings is 1. The van der Waals surface area contributed by atoms with E-state index in [-0.39, 0.29) is 82.4 Å². The molecule has 0 bridgehead atoms. The van der Waals surface area contributed by atoms with Crippen LogP contribution in [-0.2, 0) is 46.8 Å². The molecule has 18 nitrogen and oxygen atoms in total. The second-order valence-corrected chi connectivity index (χ2v) is 22.6. The van der Waals surface area contributed by atoms with Crippen LogP contribution in [0.3, 0.4) is 0 Å². The van der Waals surface area contributed by atoms with Crippen LogP contribution in [0.4, 0.5) is 39.4 Å². The summed E-state index contributed by atoms with van der Waals surface area (Å²) >= 11 is 6.49. The molecule has 3 aromatic carbocycles. The van der Waals surface area contributed by atoms with Crippen LogP contribution in [0.1, 0.15) is 110 Å². The van der Waals surface area contributed by atoms with Gasteiger partial charge in [0, 0.05) is 98.6 Å². The van der Waals surface area contributed by atoms with E-state index >= 15 is 9.18 Å². The number of likely N-dealkylation sites (tertiary alicyclic amines) is 1. The minimum Gasteiger partial charge on any atom is -0.495 e. The number of nitrogens with zero attached hydrogens (tertiary/aromatic N) is 6. The molecule has 23 heteroatoms. The molecule has 6 heterocycles. The molecule has 9 rings (SSSR count). The summed E-state index contributed by atoms with van der Waals surface area (Å²) in [6, 6.07) is 12.1. The Bertz CT molecular complexity index is 3150. The summed E-state index contributed by atoms with van der Waals surface area (Å²) in [6.07, 6.45) is -5.93. The van der Waals surface area contributed by atoms with Crippen LogP contribution in [-0.4, -0.2) is 133 Å². The lowest BCUT2D eigenvalue weighted by Gasteiger charge is -2.40. The molecule has 79 heavy (non-hydrogen) atoms. The third-order valence-corrected chi connectivity index (χ3v) is 15.8. The van der Waals surface area contributed by atoms with Gasteiger partial charge in [-0.25, -0.2) is 9.18 Å². The molecule has 0 aliphatic carbocycles. The largest absolute Gasteiger partial charge is 0.495 e. The lowest BCUT2D eigenvalue weighted by Crippen LogP contribution is -2.52. The van der Waals surface area contributed by atoms with Gasteiger partial charge in [0.25, 0.3) is 11.8 Å². The van der Waals surface area contributed by atoms with E-state index in [0.717, 1.165) is 28.4 Å². The van der Waals surface area contributed by atoms with Crippen molar-refractivity contribution in [3.8, 4) is 5.75 Å². The summed E-state index contributed by atoms with van der Waals surface area (Å²) in [5.74, 6) is -5.49. The molecule has 5 aliphatic rings. The van der Waals surface area contributed by atoms with Crippen molar-refractivity contribution >= 4 is 70.3 Å². The first-order chi connectivity index (χ1) is 37.2. The molecule has 420 valence electrons. The van der Waals surface area contributed by atoms with Gasteiger partial charge in [0.1, 0.15) is 23.3 Å². The molecule has 2 N–H and O–H groups in total. The topological polar surface area (TPSA) is 200 Å². The molecule has 4 aromatic rings. The maximum atomic E-state index is 16.9. The Morgan fingerprint density at radius 1 is 0.949 bits per heavy atom. The number of ether oxygens (including phenoxy) is 3. The number of pyridine rings is 1. The molecular formula is C56H61ClF4N8O10. The number of nitrogens with one attached hydrogen (secondary N) is 2. The van der Waals surface area contributed by atoms with Crippen molar-refractivity contribution in [1.82, 2.24) is 25.0 Å². The summed E-state index contributed by atoms with van der Waals surface area (Å²) in [6.45, 7) is 11.6. The standard InChI is InChI=1S/C56H61ClF4N8O10/c1-29(2)52(75)78-30(3)79-53(76)69-28-55(36-26-62-42(24-40(36)69)56(59,60)61)43(25-54(4,5)6)65(7)47(45(55)35-10-9-11-37(57)46(35)58)49(72)63-38-15-12-31(23-41(38)77-8)50(73)67-20-18-66(19-21-67)33-13-14-34-32(22-33)27-68(51(34)74)39-16-17-44(70)64-48(39)71/h9-15,22-24,26,29-30,39,43,45,47H,16-21,25,27-28H2,1-8H3,(H,63,72)(H,64,70,71)/t30?,39?,43-,45-,47+,55-/m0/s1. The van der Waals surface area contributed by atoms with Crippen LogP contribution >= 0.6 is 11.6 Å². The first-order valence-electron chi connectivity index (χ1n) is 25.9. The highest BCUT2D eigenvalue weighted by Crippen LogP contribution is 2.61. The molecule has 2 unspecified atom stereocenters. The fourth-order valence-electron chi connectivity index (χ4n) is 11.8. The zero-order valence-electron chi connectivity index (χ0n) is 44.8. The molecule has 3 saturated heterocycles. The number of likely N-dealkylation sites (N-methyl/N-ethyl adjacent to an activating group) is 1. The fraction of sp³-hybridized carbons (Fsp3) is 0.464. The second-order valence-electron chi connectivity index (χ2n) is 22.2. The number of benzene rings is 3. The lowest BCUT2D eigenvalue weighted by atomic mass is 9.63. The molecule has 1 aromatic heterocycles. The second kappa shape index (κ2) is 21.4. The van der Waals surface area contributed by atoms with Crippen molar-refractivity contribution in [2.24, 2.45) is 11.3 Å². The van der Waals surface area contributed by atoms with E-state index in [4.69, 9.17) is 25.8 Å². The fourth-order valence-corrected chi connectivity index (χ4v) is 12.0. The van der Waals surface area contributed by atoms with Crippen LogP contribution in [0.15, 0.2) is 66.9 Å². The van der Waals surface area contributed by atoms with E-state index < -0.39 is 95.2 Å². The SMILES string of the molecule is COc1cc(C(=O)N2CCN(c3ccc4c(c3)CN(C3CCC(=O)NC3=O)C4=O)CC2)ccc1NC(=O)[C@H]1[C@H](c2cccc(Cl)c2F)[C@]2(CN(C(=O)OC(C)OC(=O)C(C)C)c3cc(C(F)(F)F)ncc32)[C@H](CC(C)(C)C)N1C. The third-order valence-electron chi connectivity index (χ3n) is 15.6. The quantitative estimate of drug-likeness (QED) is 0.0636. The van der Waals surface area contributed by atoms with E-state index in [9.17, 15) is 41.9 Å². The molecule has 3 fully saturated rings. The smallest absolute Gasteiger partial charge is 0.433 e. The van der Waals surface area contributed by atoms with Crippen molar-refractivity contribution in [3.05, 3.63) is 111 Å². The number of halogens is 5. The number of amides is 6. The van der Waals surface area contributed by atoms with E-state index in [1.807, 2.05) is 32.9 Å². The Morgan fingerprint density at radius 3 is 2.33 bits per heavy atom. The number of alkyl halides is 3. The molecule has 0 radical (unpaired) electrons. The van der Waals surface area contributed by atoms with E-state index in [2.05, 4.69) is 20.5 Å². The number of methoxy groups -OCH3 is 1. The van der Waals surface area contributed by atoms with Crippen LogP contribution in [0, 0.1) is 17.2 Å². The molecule has 6 atom stereocenters. The first-order valence-corrected chi connectivity index (χ1v) is 26.3. The van der Waals surface area contributed by atoms with Crippen molar-refractivity contribution in [2.75, 3.05) is 62.0 Å². The molecule has 1 spiro atoms. The summed E-state index contributed by atoms with van der Waals surface area (Å²) < 4.78 is 77.1. The number of aromatic nitrogens is 1. The Labute approximate surface area is 458 Å². The van der Waals surface area contributed by atoms with E-state index in [0.29, 0.717) is 31.7 Å². The number of piperazine rings is 1. The summed E-state index contributed by atoms with van der Waals surface area (Å²) in [5.41, 5.74) is -1.19. The highest BCUT2D eigenvalue weighted by molar-refractivity contribution is 6.30. The third kappa shape index (κ3) is 10.7. The van der Waals surface area contributed by atoms with E-state index in [1.165, 1.54) is 55.3 Å². The molecular weight excluding hydrogens is 1060 g/mol. The summed E-state index contributed by atoms with van der Waals surface area (Å²) in [7, 11) is 3.01. The number of rotatable bonds is 11. The van der Waals surface area contributed by atoms with Gasteiger partial charge >= 0.3 is 18.2 Å². The van der Waals surface area contributed by atoms with Gasteiger partial charge < -0.3 is 34.2 Å². The van der Waals surface area contributed by atoms with E-state index in [1.54, 1.807) is 36.8 Å². The number of esters is 1. The average Bonchev–Trinajstić information content (AvgIpc) is 3.90. The number of imide groups is 1. The Morgan fingerprint density at radius 2 is 1.67 bits per heavy atom. The lowest BCUT2D eigenvalue weighted by molar-refractivity contribution is -0.168. The highest BCUT2D eigenvalue weighted by atomic mass is 35.5. The maximum Gasteiger partial charge on any atom is 0.433 e. The van der Waals surface area contributed by atoms with Crippen molar-refractivity contribution in [2.45, 2.75) is 109 Å². The summed E-state index contributed by atoms with van der Waals surface area (Å²) in [5, 5.41) is 4.97. The van der Waals surface area contributed by atoms with Crippen LogP contribution in [0.25, 0.3) is 0 Å². The minimum absolute atomic E-state index is 0.0630. The van der Waals surface area contributed by atoms with Gasteiger partial charge in [-0.15, -0.1) is 0 Å². The van der Waals surface area contributed by atoms with Crippen LogP contribution < -0.4 is 25.2 Å². The molecule has 0 saturated carbocycles. The van der Waals surface area contributed by atoms with Crippen LogP contribution in [0.5, 0.6) is 5.75 Å². The first kappa shape index (κ1) is 56.4. The Balaban J connectivity index is 0.991. The van der Waals surface area contributed by atoms with Gasteiger partial charge in [-0.2, -0.15) is 13.2 Å². The van der Waals surface area contributed by atoms with Gasteiger partial charge in [-0.05, 0) is 85.0 Å². The average molecular weight is 1120 g/mol. The number of carbonyl (C=O) groups excluding carboxylic acids is 7. The van der Waals surface area contributed by atoms with Gasteiger partial charge in [0.2, 0.25) is 24.0 Å². The minimum atomic E-state index is -4.96. The zero-order valence-corrected chi connectivity index (χ0v) is 45.6. The van der Waals surface area contributed by atoms with Crippen molar-refractivity contribution in [1.29, 1.82) is 0 Å². The van der Waals surface area contributed by atoms with Gasteiger partial charge in [0.05, 0.1) is 35.5 Å². The number of anilines is 3. The maximum absolute atomic E-state index is 16.9. The van der Waals surface area contributed by atoms with Gasteiger partial charge in [-0.3, -0.25) is 48.9 Å². The normalized spacial score (nSPS) is 22.7. The monoisotopic (exact) mass is 1120 g/mol. The highest BCUT2D eigenvalue weighted by Gasteiger charge is 2.66. The number of fused-ring (bicyclic) bond motifs is 3. The predicted molar refractivity (Wildman–Crippen MR) is 281 cm³/mol. The van der Waals surface area contributed by atoms with Crippen LogP contribution in [0.2, 0.25) is 5.02 Å². The van der Waals surface area contributed by atoms with Gasteiger partial charge in [-0.1, -0.05) is 58.4 Å². The number of hydrogen-bond donors (Lipinski definition) is 2. The predicted octanol–water partition coefficient (Wildman–Crippen LogP) is 7.91. The van der Waals surface area contributed by atoms with Gasteiger partial charge in [0.15, 0.2) is 0 Å². The molecule has 6 amide bonds. The Kier molecular flexibility index (Phi) is 15.3. The zero-order chi connectivity index (χ0) is 57.2. The summed E-state index contributed by atoms with van der Waals surface area (Å²) in [4.78, 5) is 106. The Hall–Kier alpha value is -7.33. The number of hydrogen-bond acceptors (Lipinski definition) is 13. The number of carbonyl (C=O) groups is 7. The molecule has 5 aliphatic heterocycles. The van der Waals surface area contributed by atoms with Crippen molar-refractivity contribution in [3.63, 3.8) is 0 Å². The van der Waals surface area contributed by atoms with Crippen molar-refractivity contribution < 1.29 is 65.3 Å².